The first kappa shape index (κ1) is 15.8. The fraction of sp³-hybridized carbons (Fsp3) is 0.227. The van der Waals surface area contributed by atoms with Crippen LogP contribution in [0.25, 0.3) is 10.9 Å². The lowest BCUT2D eigenvalue weighted by Gasteiger charge is -2.46. The Bertz CT molecular complexity index is 1110. The van der Waals surface area contributed by atoms with Crippen LogP contribution in [0.4, 0.5) is 11.4 Å². The summed E-state index contributed by atoms with van der Waals surface area (Å²) in [5.74, 6) is 2.64. The number of amides is 1. The second-order valence-electron chi connectivity index (χ2n) is 7.09. The molecule has 1 unspecified atom stereocenters. The van der Waals surface area contributed by atoms with Gasteiger partial charge in [-0.05, 0) is 36.2 Å². The number of carbonyl (C=O) groups excluding carboxylic acids is 1. The molecule has 5 rings (SSSR count). The van der Waals surface area contributed by atoms with Crippen molar-refractivity contribution in [1.82, 2.24) is 9.88 Å². The lowest BCUT2D eigenvalue weighted by molar-refractivity contribution is 0.0635. The summed E-state index contributed by atoms with van der Waals surface area (Å²) in [6, 6.07) is 14.2. The summed E-state index contributed by atoms with van der Waals surface area (Å²) in [6.45, 7) is 1.15. The first-order valence-corrected chi connectivity index (χ1v) is 9.13. The normalized spacial score (nSPS) is 17.9. The van der Waals surface area contributed by atoms with Crippen LogP contribution in [0.3, 0.4) is 0 Å². The summed E-state index contributed by atoms with van der Waals surface area (Å²) in [7, 11) is 2.05. The molecule has 27 heavy (non-hydrogen) atoms. The molecule has 2 aliphatic rings. The van der Waals surface area contributed by atoms with Crippen LogP contribution in [0.1, 0.15) is 27.8 Å². The summed E-state index contributed by atoms with van der Waals surface area (Å²) >= 11 is 0. The Morgan fingerprint density at radius 3 is 3.00 bits per heavy atom. The lowest BCUT2D eigenvalue weighted by Crippen LogP contribution is -2.51. The number of para-hydroxylation sites is 1. The number of aromatic amines is 1. The van der Waals surface area contributed by atoms with Crippen molar-refractivity contribution in [2.45, 2.75) is 12.6 Å². The molecule has 0 spiro atoms. The quantitative estimate of drug-likeness (QED) is 0.693. The van der Waals surface area contributed by atoms with E-state index in [9.17, 15) is 4.79 Å². The molecule has 0 saturated heterocycles. The van der Waals surface area contributed by atoms with Gasteiger partial charge in [-0.1, -0.05) is 24.1 Å². The molecule has 5 heteroatoms. The predicted octanol–water partition coefficient (Wildman–Crippen LogP) is 3.36. The molecular weight excluding hydrogens is 336 g/mol. The van der Waals surface area contributed by atoms with E-state index < -0.39 is 0 Å². The van der Waals surface area contributed by atoms with Gasteiger partial charge in [0.2, 0.25) is 0 Å². The second-order valence-corrected chi connectivity index (χ2v) is 7.09. The van der Waals surface area contributed by atoms with Crippen LogP contribution in [-0.2, 0) is 6.42 Å². The SMILES string of the molecule is C#CCNc1ccc2c(c1)C(=O)N1CCc3c([nH]c4ccccc34)C1N2C. The van der Waals surface area contributed by atoms with E-state index in [-0.39, 0.29) is 12.1 Å². The average Bonchev–Trinajstić information content (AvgIpc) is 3.08. The Labute approximate surface area is 158 Å². The van der Waals surface area contributed by atoms with Gasteiger partial charge in [0.05, 0.1) is 23.5 Å². The van der Waals surface area contributed by atoms with Gasteiger partial charge in [-0.25, -0.2) is 0 Å². The molecule has 3 aromatic rings. The topological polar surface area (TPSA) is 51.4 Å². The number of fused-ring (bicyclic) bond motifs is 6. The number of hydrogen-bond acceptors (Lipinski definition) is 3. The smallest absolute Gasteiger partial charge is 0.257 e. The predicted molar refractivity (Wildman–Crippen MR) is 108 cm³/mol. The van der Waals surface area contributed by atoms with Crippen LogP contribution in [0.2, 0.25) is 0 Å². The van der Waals surface area contributed by atoms with Crippen molar-refractivity contribution < 1.29 is 4.79 Å². The molecule has 0 radical (unpaired) electrons. The summed E-state index contributed by atoms with van der Waals surface area (Å²) in [5.41, 5.74) is 6.11. The summed E-state index contributed by atoms with van der Waals surface area (Å²) in [6.07, 6.45) is 6.08. The number of H-pyrrole nitrogens is 1. The zero-order valence-corrected chi connectivity index (χ0v) is 15.1. The highest BCUT2D eigenvalue weighted by Crippen LogP contribution is 2.43. The third kappa shape index (κ3) is 2.23. The molecule has 134 valence electrons. The minimum absolute atomic E-state index is 0.0711. The van der Waals surface area contributed by atoms with Crippen molar-refractivity contribution in [1.29, 1.82) is 0 Å². The number of carbonyl (C=O) groups is 1. The number of rotatable bonds is 2. The Morgan fingerprint density at radius 1 is 1.30 bits per heavy atom. The zero-order chi connectivity index (χ0) is 18.5. The molecule has 0 saturated carbocycles. The fourth-order valence-corrected chi connectivity index (χ4v) is 4.40. The maximum Gasteiger partial charge on any atom is 0.257 e. The highest BCUT2D eigenvalue weighted by molar-refractivity contribution is 6.03. The van der Waals surface area contributed by atoms with E-state index in [0.29, 0.717) is 13.1 Å². The summed E-state index contributed by atoms with van der Waals surface area (Å²) < 4.78 is 0. The number of benzene rings is 2. The van der Waals surface area contributed by atoms with Gasteiger partial charge in [0.25, 0.3) is 5.91 Å². The molecule has 2 aliphatic heterocycles. The Hall–Kier alpha value is -3.39. The lowest BCUT2D eigenvalue weighted by atomic mass is 9.96. The van der Waals surface area contributed by atoms with Gasteiger partial charge in [0, 0.05) is 30.2 Å². The third-order valence-electron chi connectivity index (χ3n) is 5.63. The summed E-state index contributed by atoms with van der Waals surface area (Å²) in [5, 5.41) is 4.41. The van der Waals surface area contributed by atoms with E-state index in [0.717, 1.165) is 34.6 Å². The maximum atomic E-state index is 13.3. The molecule has 0 bridgehead atoms. The number of terminal acetylenes is 1. The zero-order valence-electron chi connectivity index (χ0n) is 15.1. The van der Waals surface area contributed by atoms with E-state index in [1.165, 1.54) is 10.9 Å². The molecule has 1 amide bonds. The van der Waals surface area contributed by atoms with Gasteiger partial charge >= 0.3 is 0 Å². The molecule has 1 atom stereocenters. The minimum Gasteiger partial charge on any atom is -0.374 e. The number of nitrogens with zero attached hydrogens (tertiary/aromatic N) is 2. The van der Waals surface area contributed by atoms with Gasteiger partial charge in [-0.15, -0.1) is 6.42 Å². The van der Waals surface area contributed by atoms with Gasteiger partial charge in [-0.2, -0.15) is 0 Å². The van der Waals surface area contributed by atoms with Crippen molar-refractivity contribution in [3.8, 4) is 12.3 Å². The summed E-state index contributed by atoms with van der Waals surface area (Å²) in [4.78, 5) is 21.0. The van der Waals surface area contributed by atoms with Crippen LogP contribution >= 0.6 is 0 Å². The van der Waals surface area contributed by atoms with E-state index >= 15 is 0 Å². The molecule has 1 aromatic heterocycles. The molecule has 0 fully saturated rings. The van der Waals surface area contributed by atoms with Crippen molar-refractivity contribution in [2.24, 2.45) is 0 Å². The van der Waals surface area contributed by atoms with E-state index in [4.69, 9.17) is 6.42 Å². The van der Waals surface area contributed by atoms with Gasteiger partial charge in [0.1, 0.15) is 6.17 Å². The highest BCUT2D eigenvalue weighted by atomic mass is 16.2. The van der Waals surface area contributed by atoms with Gasteiger partial charge < -0.3 is 20.1 Å². The van der Waals surface area contributed by atoms with Crippen LogP contribution < -0.4 is 10.2 Å². The second kappa shape index (κ2) is 5.82. The standard InChI is InChI=1S/C22H20N4O/c1-3-11-23-14-8-9-19-17(13-14)22(27)26-12-10-16-15-6-4-5-7-18(15)24-20(16)21(26)25(19)2/h1,4-9,13,21,23-24H,10-12H2,2H3. The van der Waals surface area contributed by atoms with Crippen molar-refractivity contribution >= 4 is 28.2 Å². The Balaban J connectivity index is 1.62. The van der Waals surface area contributed by atoms with Crippen LogP contribution in [0, 0.1) is 12.3 Å². The molecule has 5 nitrogen and oxygen atoms in total. The van der Waals surface area contributed by atoms with Crippen LogP contribution in [0.15, 0.2) is 42.5 Å². The maximum absolute atomic E-state index is 13.3. The number of hydrogen-bond donors (Lipinski definition) is 2. The van der Waals surface area contributed by atoms with E-state index in [1.54, 1.807) is 0 Å². The molecule has 2 aromatic carbocycles. The van der Waals surface area contributed by atoms with Gasteiger partial charge in [-0.3, -0.25) is 4.79 Å². The number of aromatic nitrogens is 1. The highest BCUT2D eigenvalue weighted by Gasteiger charge is 2.41. The van der Waals surface area contributed by atoms with Crippen molar-refractivity contribution in [2.75, 3.05) is 30.4 Å². The molecule has 0 aliphatic carbocycles. The Kier molecular flexibility index (Phi) is 3.41. The van der Waals surface area contributed by atoms with E-state index in [2.05, 4.69) is 46.4 Å². The van der Waals surface area contributed by atoms with Crippen molar-refractivity contribution in [3.05, 3.63) is 59.3 Å². The van der Waals surface area contributed by atoms with Gasteiger partial charge in [0.15, 0.2) is 0 Å². The molecule has 3 heterocycles. The molecular formula is C22H20N4O. The van der Waals surface area contributed by atoms with Crippen LogP contribution in [-0.4, -0.2) is 35.9 Å². The van der Waals surface area contributed by atoms with Crippen LogP contribution in [0.5, 0.6) is 0 Å². The first-order chi connectivity index (χ1) is 13.2. The minimum atomic E-state index is -0.106. The third-order valence-corrected chi connectivity index (χ3v) is 5.63. The van der Waals surface area contributed by atoms with Crippen molar-refractivity contribution in [3.63, 3.8) is 0 Å². The molecule has 2 N–H and O–H groups in total. The number of nitrogens with one attached hydrogen (secondary N) is 2. The fourth-order valence-electron chi connectivity index (χ4n) is 4.40. The Morgan fingerprint density at radius 2 is 2.15 bits per heavy atom. The monoisotopic (exact) mass is 356 g/mol. The first-order valence-electron chi connectivity index (χ1n) is 9.13. The number of anilines is 2. The largest absolute Gasteiger partial charge is 0.374 e. The van der Waals surface area contributed by atoms with E-state index in [1.807, 2.05) is 29.2 Å². The average molecular weight is 356 g/mol.